The second-order valence-corrected chi connectivity index (χ2v) is 16.5. The molecule has 0 saturated carbocycles. The van der Waals surface area contributed by atoms with E-state index in [1.54, 1.807) is 0 Å². The summed E-state index contributed by atoms with van der Waals surface area (Å²) in [6.07, 6.45) is 0. The molecule has 0 bridgehead atoms. The normalized spacial score (nSPS) is 12.9. The van der Waals surface area contributed by atoms with Crippen LogP contribution < -0.4 is 4.90 Å². The second-order valence-electron chi connectivity index (χ2n) is 15.5. The number of benzene rings is 9. The number of thiophene rings is 1. The molecule has 57 heavy (non-hydrogen) atoms. The summed E-state index contributed by atoms with van der Waals surface area (Å²) in [5, 5.41) is 5.03. The van der Waals surface area contributed by atoms with Crippen molar-refractivity contribution in [1.29, 1.82) is 0 Å². The molecule has 0 saturated heterocycles. The van der Waals surface area contributed by atoms with Crippen LogP contribution in [-0.2, 0) is 5.41 Å². The molecule has 0 unspecified atom stereocenters. The number of fused-ring (bicyclic) bond motifs is 7. The van der Waals surface area contributed by atoms with Crippen molar-refractivity contribution in [3.05, 3.63) is 234 Å². The third kappa shape index (κ3) is 5.29. The van der Waals surface area contributed by atoms with Crippen molar-refractivity contribution in [3.63, 3.8) is 0 Å². The van der Waals surface area contributed by atoms with E-state index >= 15 is 0 Å². The zero-order valence-corrected chi connectivity index (χ0v) is 32.7. The number of hydrogen-bond acceptors (Lipinski definition) is 2. The number of rotatable bonds is 6. The minimum absolute atomic E-state index is 0.444. The first-order chi connectivity index (χ1) is 28.1. The summed E-state index contributed by atoms with van der Waals surface area (Å²) >= 11 is 1.90. The van der Waals surface area contributed by atoms with E-state index in [4.69, 9.17) is 0 Å². The summed E-state index contributed by atoms with van der Waals surface area (Å²) in [6.45, 7) is 4.37. The average Bonchev–Trinajstić information content (AvgIpc) is 3.77. The van der Waals surface area contributed by atoms with Crippen molar-refractivity contribution in [2.75, 3.05) is 4.90 Å². The standard InChI is InChI=1S/C55H39NS/c1-36-29-37(2)31-41(30-36)40-17-13-22-44(33-40)56(45-28-27-38-15-9-10-16-39(38)32-45)52-26-14-24-47-49-34-51-48(35-53(49)57-54(47)52)46-23-11-12-25-50(46)55(51,42-18-5-3-6-19-42)43-20-7-4-8-21-43/h3-35H,1-2H3. The minimum Gasteiger partial charge on any atom is -0.309 e. The van der Waals surface area contributed by atoms with Crippen molar-refractivity contribution in [2.24, 2.45) is 0 Å². The average molecular weight is 746 g/mol. The molecular formula is C55H39NS. The molecule has 11 rings (SSSR count). The zero-order chi connectivity index (χ0) is 38.1. The maximum absolute atomic E-state index is 2.52. The molecule has 2 heteroatoms. The van der Waals surface area contributed by atoms with Crippen LogP contribution in [0.5, 0.6) is 0 Å². The van der Waals surface area contributed by atoms with Crippen LogP contribution >= 0.6 is 11.3 Å². The van der Waals surface area contributed by atoms with Crippen LogP contribution in [-0.4, -0.2) is 0 Å². The van der Waals surface area contributed by atoms with Gasteiger partial charge >= 0.3 is 0 Å². The van der Waals surface area contributed by atoms with E-state index in [9.17, 15) is 0 Å². The molecule has 0 fully saturated rings. The highest BCUT2D eigenvalue weighted by atomic mass is 32.1. The van der Waals surface area contributed by atoms with E-state index in [2.05, 4.69) is 219 Å². The monoisotopic (exact) mass is 745 g/mol. The molecule has 0 amide bonds. The first kappa shape index (κ1) is 33.6. The SMILES string of the molecule is Cc1cc(C)cc(-c2cccc(N(c3ccc4ccccc4c3)c3cccc4c3sc3cc5c(cc34)C(c3ccccc3)(c3ccccc3)c3ccccc3-5)c2)c1. The van der Waals surface area contributed by atoms with Crippen LogP contribution in [0.1, 0.15) is 33.4 Å². The molecule has 1 aliphatic rings. The maximum Gasteiger partial charge on any atom is 0.0713 e. The predicted molar refractivity (Wildman–Crippen MR) is 244 cm³/mol. The quantitative estimate of drug-likeness (QED) is 0.164. The Morgan fingerprint density at radius 3 is 1.86 bits per heavy atom. The minimum atomic E-state index is -0.444. The van der Waals surface area contributed by atoms with Gasteiger partial charge in [-0.2, -0.15) is 0 Å². The number of nitrogens with zero attached hydrogens (tertiary/aromatic N) is 1. The van der Waals surface area contributed by atoms with E-state index in [-0.39, 0.29) is 0 Å². The second kappa shape index (κ2) is 13.2. The topological polar surface area (TPSA) is 3.24 Å². The lowest BCUT2D eigenvalue weighted by molar-refractivity contribution is 0.769. The lowest BCUT2D eigenvalue weighted by atomic mass is 9.67. The van der Waals surface area contributed by atoms with Crippen LogP contribution in [0, 0.1) is 13.8 Å². The molecular weight excluding hydrogens is 707 g/mol. The summed E-state index contributed by atoms with van der Waals surface area (Å²) in [5.74, 6) is 0. The summed E-state index contributed by atoms with van der Waals surface area (Å²) in [7, 11) is 0. The third-order valence-corrected chi connectivity index (χ3v) is 13.1. The van der Waals surface area contributed by atoms with Gasteiger partial charge in [-0.25, -0.2) is 0 Å². The van der Waals surface area contributed by atoms with Gasteiger partial charge in [0, 0.05) is 26.8 Å². The molecule has 0 N–H and O–H groups in total. The number of aryl methyl sites for hydroxylation is 2. The van der Waals surface area contributed by atoms with Gasteiger partial charge in [-0.05, 0) is 112 Å². The van der Waals surface area contributed by atoms with E-state index < -0.39 is 5.41 Å². The Hall–Kier alpha value is -6.74. The van der Waals surface area contributed by atoms with Crippen molar-refractivity contribution in [2.45, 2.75) is 19.3 Å². The number of anilines is 3. The highest BCUT2D eigenvalue weighted by Crippen LogP contribution is 2.58. The van der Waals surface area contributed by atoms with E-state index in [0.29, 0.717) is 0 Å². The highest BCUT2D eigenvalue weighted by Gasteiger charge is 2.46. The predicted octanol–water partition coefficient (Wildman–Crippen LogP) is 15.3. The molecule has 0 spiro atoms. The third-order valence-electron chi connectivity index (χ3n) is 11.9. The fourth-order valence-electron chi connectivity index (χ4n) is 9.60. The van der Waals surface area contributed by atoms with E-state index in [0.717, 1.165) is 11.4 Å². The van der Waals surface area contributed by atoms with Crippen LogP contribution in [0.4, 0.5) is 17.1 Å². The summed E-state index contributed by atoms with van der Waals surface area (Å²) in [6, 6.07) is 74.5. The first-order valence-electron chi connectivity index (χ1n) is 19.7. The molecule has 1 aliphatic carbocycles. The van der Waals surface area contributed by atoms with Gasteiger partial charge in [0.15, 0.2) is 0 Å². The van der Waals surface area contributed by atoms with Gasteiger partial charge in [0.1, 0.15) is 0 Å². The summed E-state index contributed by atoms with van der Waals surface area (Å²) < 4.78 is 2.57. The van der Waals surface area contributed by atoms with E-state index in [1.165, 1.54) is 92.3 Å². The van der Waals surface area contributed by atoms with Crippen LogP contribution in [0.3, 0.4) is 0 Å². The molecule has 0 aliphatic heterocycles. The first-order valence-corrected chi connectivity index (χ1v) is 20.6. The maximum atomic E-state index is 2.52. The van der Waals surface area contributed by atoms with Gasteiger partial charge in [-0.15, -0.1) is 11.3 Å². The molecule has 1 aromatic heterocycles. The van der Waals surface area contributed by atoms with Gasteiger partial charge in [-0.3, -0.25) is 0 Å². The van der Waals surface area contributed by atoms with Crippen molar-refractivity contribution in [1.82, 2.24) is 0 Å². The smallest absolute Gasteiger partial charge is 0.0713 e. The Balaban J connectivity index is 1.17. The van der Waals surface area contributed by atoms with Gasteiger partial charge < -0.3 is 4.90 Å². The van der Waals surface area contributed by atoms with Crippen molar-refractivity contribution in [3.8, 4) is 22.3 Å². The fraction of sp³-hybridized carbons (Fsp3) is 0.0545. The Kier molecular flexibility index (Phi) is 7.77. The summed E-state index contributed by atoms with van der Waals surface area (Å²) in [4.78, 5) is 2.47. The molecule has 0 atom stereocenters. The molecule has 10 aromatic rings. The Bertz CT molecular complexity index is 3100. The Labute approximate surface area is 337 Å². The largest absolute Gasteiger partial charge is 0.309 e. The van der Waals surface area contributed by atoms with Gasteiger partial charge in [0.2, 0.25) is 0 Å². The van der Waals surface area contributed by atoms with Gasteiger partial charge in [0.25, 0.3) is 0 Å². The van der Waals surface area contributed by atoms with Crippen LogP contribution in [0.15, 0.2) is 200 Å². The van der Waals surface area contributed by atoms with E-state index in [1.807, 2.05) is 11.3 Å². The molecule has 1 heterocycles. The van der Waals surface area contributed by atoms with Crippen LogP contribution in [0.2, 0.25) is 0 Å². The lowest BCUT2D eigenvalue weighted by Crippen LogP contribution is -2.28. The number of hydrogen-bond donors (Lipinski definition) is 0. The molecule has 9 aromatic carbocycles. The van der Waals surface area contributed by atoms with Crippen molar-refractivity contribution < 1.29 is 0 Å². The summed E-state index contributed by atoms with van der Waals surface area (Å²) in [5.41, 5.74) is 15.9. The highest BCUT2D eigenvalue weighted by molar-refractivity contribution is 7.26. The fourth-order valence-corrected chi connectivity index (χ4v) is 10.8. The molecule has 270 valence electrons. The zero-order valence-electron chi connectivity index (χ0n) is 31.9. The Morgan fingerprint density at radius 2 is 1.09 bits per heavy atom. The van der Waals surface area contributed by atoms with Crippen molar-refractivity contribution >= 4 is 59.3 Å². The van der Waals surface area contributed by atoms with Gasteiger partial charge in [0.05, 0.1) is 15.8 Å². The van der Waals surface area contributed by atoms with Gasteiger partial charge in [-0.1, -0.05) is 169 Å². The lowest BCUT2D eigenvalue weighted by Gasteiger charge is -2.33. The molecule has 0 radical (unpaired) electrons. The van der Waals surface area contributed by atoms with Crippen LogP contribution in [0.25, 0.3) is 53.2 Å². The molecule has 1 nitrogen and oxygen atoms in total. The Morgan fingerprint density at radius 1 is 0.421 bits per heavy atom.